The minimum Gasteiger partial charge on any atom is -0.780 e. The SMILES string of the molecule is COc1ccc2c(c1)OC/C(=C\c1ccc(OC)c(OP(=O)([O-])[O-])c1)C2=O.[Na+].[Na+]. The van der Waals surface area contributed by atoms with Crippen molar-refractivity contribution in [1.82, 2.24) is 0 Å². The number of rotatable bonds is 5. The maximum atomic E-state index is 12.7. The topological polar surface area (TPSA) is 117 Å². The Bertz CT molecular complexity index is 970. The Balaban J connectivity index is 0.00000210. The third-order valence-corrected chi connectivity index (χ3v) is 4.27. The van der Waals surface area contributed by atoms with E-state index in [9.17, 15) is 19.1 Å². The third kappa shape index (κ3) is 6.59. The molecular weight excluding hydrogens is 421 g/mol. The van der Waals surface area contributed by atoms with Gasteiger partial charge in [-0.2, -0.15) is 0 Å². The van der Waals surface area contributed by atoms with Crippen molar-refractivity contribution >= 4 is 19.7 Å². The number of methoxy groups -OCH3 is 2. The van der Waals surface area contributed by atoms with Gasteiger partial charge in [0.1, 0.15) is 25.9 Å². The van der Waals surface area contributed by atoms with Crippen LogP contribution in [-0.4, -0.2) is 26.6 Å². The van der Waals surface area contributed by atoms with Gasteiger partial charge in [-0.3, -0.25) is 4.79 Å². The average molecular weight is 436 g/mol. The molecule has 0 N–H and O–H groups in total. The molecule has 0 bridgehead atoms. The van der Waals surface area contributed by atoms with Gasteiger partial charge in [-0.1, -0.05) is 6.07 Å². The number of hydrogen-bond acceptors (Lipinski definition) is 8. The van der Waals surface area contributed by atoms with E-state index in [2.05, 4.69) is 4.52 Å². The second-order valence-electron chi connectivity index (χ2n) is 5.60. The minimum atomic E-state index is -5.26. The van der Waals surface area contributed by atoms with Crippen LogP contribution in [0.3, 0.4) is 0 Å². The van der Waals surface area contributed by atoms with Crippen molar-refractivity contribution < 1.29 is 97.0 Å². The maximum absolute atomic E-state index is 12.7. The van der Waals surface area contributed by atoms with E-state index < -0.39 is 7.82 Å². The Morgan fingerprint density at radius 3 is 2.38 bits per heavy atom. The van der Waals surface area contributed by atoms with Crippen molar-refractivity contribution in [3.8, 4) is 23.0 Å². The molecule has 1 aliphatic rings. The maximum Gasteiger partial charge on any atom is 1.00 e. The van der Waals surface area contributed by atoms with Crippen LogP contribution in [0, 0.1) is 0 Å². The molecule has 0 saturated heterocycles. The molecule has 0 unspecified atom stereocenters. The van der Waals surface area contributed by atoms with Crippen molar-refractivity contribution in [3.63, 3.8) is 0 Å². The zero-order valence-corrected chi connectivity index (χ0v) is 21.4. The quantitative estimate of drug-likeness (QED) is 0.262. The van der Waals surface area contributed by atoms with Crippen LogP contribution in [0.4, 0.5) is 0 Å². The predicted molar refractivity (Wildman–Crippen MR) is 92.0 cm³/mol. The Labute approximate surface area is 212 Å². The van der Waals surface area contributed by atoms with E-state index in [1.807, 2.05) is 0 Å². The first-order chi connectivity index (χ1) is 12.8. The Morgan fingerprint density at radius 2 is 1.76 bits per heavy atom. The molecule has 3 rings (SSSR count). The molecule has 11 heteroatoms. The molecule has 0 amide bonds. The molecule has 0 spiro atoms. The van der Waals surface area contributed by atoms with Crippen LogP contribution in [0.25, 0.3) is 6.08 Å². The van der Waals surface area contributed by atoms with Gasteiger partial charge in [-0.25, -0.2) is 0 Å². The molecule has 29 heavy (non-hydrogen) atoms. The fraction of sp³-hybridized carbons (Fsp3) is 0.167. The predicted octanol–water partition coefficient (Wildman–Crippen LogP) is -4.42. The van der Waals surface area contributed by atoms with Crippen molar-refractivity contribution in [2.24, 2.45) is 0 Å². The first-order valence-electron chi connectivity index (χ1n) is 7.76. The molecule has 8 nitrogen and oxygen atoms in total. The van der Waals surface area contributed by atoms with Crippen LogP contribution in [0.2, 0.25) is 0 Å². The van der Waals surface area contributed by atoms with Crippen LogP contribution in [0.5, 0.6) is 23.0 Å². The molecular formula is C18H15Na2O8P. The number of benzene rings is 2. The molecule has 0 aliphatic carbocycles. The van der Waals surface area contributed by atoms with Gasteiger partial charge in [-0.15, -0.1) is 0 Å². The number of ketones is 1. The number of hydrogen-bond donors (Lipinski definition) is 0. The van der Waals surface area contributed by atoms with E-state index in [1.165, 1.54) is 32.4 Å². The van der Waals surface area contributed by atoms with Crippen LogP contribution in [0.15, 0.2) is 42.0 Å². The summed E-state index contributed by atoms with van der Waals surface area (Å²) in [6.45, 7) is 0.0306. The van der Waals surface area contributed by atoms with E-state index in [-0.39, 0.29) is 83.0 Å². The molecule has 0 atom stereocenters. The number of Topliss-reactive ketones (excluding diaryl/α,β-unsaturated/α-hetero) is 1. The molecule has 0 radical (unpaired) electrons. The van der Waals surface area contributed by atoms with Crippen molar-refractivity contribution in [3.05, 3.63) is 53.1 Å². The first kappa shape index (κ1) is 26.2. The number of phosphoric ester groups is 1. The van der Waals surface area contributed by atoms with Gasteiger partial charge in [-0.05, 0) is 35.9 Å². The summed E-state index contributed by atoms with van der Waals surface area (Å²) in [7, 11) is -2.43. The fourth-order valence-corrected chi connectivity index (χ4v) is 3.00. The van der Waals surface area contributed by atoms with Crippen LogP contribution >= 0.6 is 7.82 Å². The van der Waals surface area contributed by atoms with Crippen LogP contribution in [0.1, 0.15) is 15.9 Å². The van der Waals surface area contributed by atoms with E-state index >= 15 is 0 Å². The molecule has 2 aromatic carbocycles. The second kappa shape index (κ2) is 11.0. The number of fused-ring (bicyclic) bond motifs is 1. The van der Waals surface area contributed by atoms with E-state index in [0.717, 1.165) is 0 Å². The van der Waals surface area contributed by atoms with Gasteiger partial charge in [0.2, 0.25) is 0 Å². The number of ether oxygens (including phenoxy) is 3. The zero-order chi connectivity index (χ0) is 19.6. The molecule has 0 fully saturated rings. The van der Waals surface area contributed by atoms with Crippen LogP contribution < -0.4 is 87.6 Å². The van der Waals surface area contributed by atoms with E-state index in [0.29, 0.717) is 28.2 Å². The summed E-state index contributed by atoms with van der Waals surface area (Å²) in [5, 5.41) is 0. The van der Waals surface area contributed by atoms with Crippen molar-refractivity contribution in [2.75, 3.05) is 20.8 Å². The first-order valence-corrected chi connectivity index (χ1v) is 9.22. The third-order valence-electron chi connectivity index (χ3n) is 3.85. The summed E-state index contributed by atoms with van der Waals surface area (Å²) >= 11 is 0. The van der Waals surface area contributed by atoms with Gasteiger partial charge in [0.25, 0.3) is 0 Å². The smallest absolute Gasteiger partial charge is 0.780 e. The van der Waals surface area contributed by atoms with Gasteiger partial charge < -0.3 is 33.1 Å². The number of carbonyl (C=O) groups is 1. The second-order valence-corrected chi connectivity index (χ2v) is 6.68. The summed E-state index contributed by atoms with van der Waals surface area (Å²) in [6.07, 6.45) is 1.53. The molecule has 1 aliphatic heterocycles. The summed E-state index contributed by atoms with van der Waals surface area (Å²) in [4.78, 5) is 34.5. The molecule has 1 heterocycles. The molecule has 0 aromatic heterocycles. The summed E-state index contributed by atoms with van der Waals surface area (Å²) < 4.78 is 31.0. The van der Waals surface area contributed by atoms with Gasteiger partial charge in [0.05, 0.1) is 19.8 Å². The normalized spacial score (nSPS) is 14.1. The van der Waals surface area contributed by atoms with E-state index in [1.54, 1.807) is 24.3 Å². The Hall–Kier alpha value is -0.800. The molecule has 142 valence electrons. The van der Waals surface area contributed by atoms with Gasteiger partial charge >= 0.3 is 59.1 Å². The standard InChI is InChI=1S/C18H17O8P.2Na/c1-23-13-4-5-14-16(9-13)25-10-12(18(14)19)7-11-3-6-15(24-2)17(8-11)26-27(20,21)22;;/h3-9H,10H2,1-2H3,(H2,20,21,22);;/q;2*+1/p-2/b12-7+;;. The zero-order valence-electron chi connectivity index (χ0n) is 16.5. The summed E-state index contributed by atoms with van der Waals surface area (Å²) in [5.74, 6) is 0.595. The largest absolute Gasteiger partial charge is 1.00 e. The van der Waals surface area contributed by atoms with Gasteiger partial charge in [0, 0.05) is 11.6 Å². The Kier molecular flexibility index (Phi) is 9.95. The van der Waals surface area contributed by atoms with E-state index in [4.69, 9.17) is 14.2 Å². The minimum absolute atomic E-state index is 0. The monoisotopic (exact) mass is 436 g/mol. The summed E-state index contributed by atoms with van der Waals surface area (Å²) in [6, 6.07) is 9.22. The van der Waals surface area contributed by atoms with Crippen LogP contribution in [-0.2, 0) is 4.57 Å². The fourth-order valence-electron chi connectivity index (χ4n) is 2.61. The van der Waals surface area contributed by atoms with Crippen molar-refractivity contribution in [1.29, 1.82) is 0 Å². The number of phosphoric acid groups is 1. The number of carbonyl (C=O) groups excluding carboxylic acids is 1. The average Bonchev–Trinajstić information content (AvgIpc) is 2.62. The molecule has 2 aromatic rings. The van der Waals surface area contributed by atoms with Crippen molar-refractivity contribution in [2.45, 2.75) is 0 Å². The van der Waals surface area contributed by atoms with Gasteiger partial charge in [0.15, 0.2) is 17.3 Å². The Morgan fingerprint density at radius 1 is 1.03 bits per heavy atom. The summed E-state index contributed by atoms with van der Waals surface area (Å²) in [5.41, 5.74) is 1.20. The molecule has 0 saturated carbocycles.